The van der Waals surface area contributed by atoms with E-state index in [1.807, 2.05) is 0 Å². The van der Waals surface area contributed by atoms with Gasteiger partial charge in [0.2, 0.25) is 5.91 Å². The van der Waals surface area contributed by atoms with Crippen molar-refractivity contribution in [2.24, 2.45) is 5.73 Å². The number of hydrogen-bond acceptors (Lipinski definition) is 4. The Balaban J connectivity index is 2.93. The molecule has 0 heterocycles. The van der Waals surface area contributed by atoms with E-state index >= 15 is 0 Å². The molecule has 0 unspecified atom stereocenters. The normalized spacial score (nSPS) is 11.1. The molecule has 1 rings (SSSR count). The van der Waals surface area contributed by atoms with Crippen molar-refractivity contribution in [3.8, 4) is 0 Å². The number of nitrogens with zero attached hydrogens (tertiary/aromatic N) is 1. The summed E-state index contributed by atoms with van der Waals surface area (Å²) in [6.07, 6.45) is -0.0271. The van der Waals surface area contributed by atoms with E-state index in [9.17, 15) is 19.3 Å². The zero-order valence-electron chi connectivity index (χ0n) is 10.1. The maximum Gasteiger partial charge on any atom is 0.292 e. The minimum absolute atomic E-state index is 0.0271. The summed E-state index contributed by atoms with van der Waals surface area (Å²) < 4.78 is 13.0. The summed E-state index contributed by atoms with van der Waals surface area (Å²) in [5.41, 5.74) is 4.37. The van der Waals surface area contributed by atoms with Crippen LogP contribution < -0.4 is 11.1 Å². The van der Waals surface area contributed by atoms with Gasteiger partial charge in [-0.05, 0) is 19.9 Å². The fraction of sp³-hybridized carbons (Fsp3) is 0.364. The van der Waals surface area contributed by atoms with Crippen LogP contribution >= 0.6 is 0 Å². The van der Waals surface area contributed by atoms with Gasteiger partial charge >= 0.3 is 0 Å². The van der Waals surface area contributed by atoms with E-state index in [-0.39, 0.29) is 17.8 Å². The highest BCUT2D eigenvalue weighted by molar-refractivity contribution is 5.93. The minimum atomic E-state index is -0.744. The molecule has 0 spiro atoms. The third-order valence-electron chi connectivity index (χ3n) is 2.05. The molecule has 1 aromatic rings. The van der Waals surface area contributed by atoms with Crippen LogP contribution in [0, 0.1) is 15.9 Å². The number of carbonyl (C=O) groups is 1. The van der Waals surface area contributed by atoms with Crippen molar-refractivity contribution in [1.29, 1.82) is 0 Å². The predicted molar refractivity (Wildman–Crippen MR) is 64.6 cm³/mol. The van der Waals surface area contributed by atoms with Crippen LogP contribution in [0.4, 0.5) is 15.8 Å². The Morgan fingerprint density at radius 3 is 2.67 bits per heavy atom. The van der Waals surface area contributed by atoms with Crippen molar-refractivity contribution in [1.82, 2.24) is 0 Å². The van der Waals surface area contributed by atoms with Crippen LogP contribution in [0.3, 0.4) is 0 Å². The first-order valence-corrected chi connectivity index (χ1v) is 5.22. The second-order valence-corrected chi connectivity index (χ2v) is 4.63. The van der Waals surface area contributed by atoms with Gasteiger partial charge in [-0.1, -0.05) is 0 Å². The second kappa shape index (κ2) is 5.09. The summed E-state index contributed by atoms with van der Waals surface area (Å²) in [6, 6.07) is 2.86. The van der Waals surface area contributed by atoms with E-state index in [1.54, 1.807) is 13.8 Å². The molecule has 0 saturated carbocycles. The monoisotopic (exact) mass is 255 g/mol. The Kier molecular flexibility index (Phi) is 3.97. The summed E-state index contributed by atoms with van der Waals surface area (Å²) in [5, 5.41) is 13.0. The number of hydrogen-bond donors (Lipinski definition) is 2. The molecule has 0 saturated heterocycles. The highest BCUT2D eigenvalue weighted by Gasteiger charge is 2.20. The predicted octanol–water partition coefficient (Wildman–Crippen LogP) is 1.80. The molecule has 98 valence electrons. The average Bonchev–Trinajstić information content (AvgIpc) is 2.13. The molecule has 0 bridgehead atoms. The van der Waals surface area contributed by atoms with Crippen molar-refractivity contribution >= 4 is 17.3 Å². The summed E-state index contributed by atoms with van der Waals surface area (Å²) in [7, 11) is 0. The molecule has 0 fully saturated rings. The fourth-order valence-electron chi connectivity index (χ4n) is 1.38. The zero-order chi connectivity index (χ0) is 13.9. The van der Waals surface area contributed by atoms with Crippen LogP contribution in [0.2, 0.25) is 0 Å². The van der Waals surface area contributed by atoms with E-state index in [2.05, 4.69) is 5.32 Å². The van der Waals surface area contributed by atoms with Gasteiger partial charge in [0.1, 0.15) is 11.5 Å². The Morgan fingerprint density at radius 1 is 1.56 bits per heavy atom. The lowest BCUT2D eigenvalue weighted by atomic mass is 10.0. The molecular formula is C11H14FN3O3. The Morgan fingerprint density at radius 2 is 2.17 bits per heavy atom. The van der Waals surface area contributed by atoms with E-state index < -0.39 is 22.2 Å². The van der Waals surface area contributed by atoms with Crippen molar-refractivity contribution in [2.45, 2.75) is 25.8 Å². The molecule has 0 atom stereocenters. The van der Waals surface area contributed by atoms with Crippen LogP contribution in [0.5, 0.6) is 0 Å². The Bertz CT molecular complexity index is 483. The summed E-state index contributed by atoms with van der Waals surface area (Å²) >= 11 is 0. The van der Waals surface area contributed by atoms with Crippen LogP contribution in [0.25, 0.3) is 0 Å². The number of carbonyl (C=O) groups excluding carboxylic acids is 1. The highest BCUT2D eigenvalue weighted by Crippen LogP contribution is 2.25. The summed E-state index contributed by atoms with van der Waals surface area (Å²) in [5.74, 6) is -1.17. The number of nitrogens with one attached hydrogen (secondary N) is 1. The number of halogens is 1. The highest BCUT2D eigenvalue weighted by atomic mass is 19.1. The van der Waals surface area contributed by atoms with Gasteiger partial charge in [0, 0.05) is 24.1 Å². The molecule has 0 radical (unpaired) electrons. The van der Waals surface area contributed by atoms with Crippen molar-refractivity contribution in [3.05, 3.63) is 34.1 Å². The number of benzene rings is 1. The molecule has 1 amide bonds. The van der Waals surface area contributed by atoms with E-state index in [4.69, 9.17) is 5.73 Å². The molecule has 1 aromatic carbocycles. The minimum Gasteiger partial charge on any atom is -0.325 e. The molecular weight excluding hydrogens is 241 g/mol. The van der Waals surface area contributed by atoms with E-state index in [0.29, 0.717) is 0 Å². The summed E-state index contributed by atoms with van der Waals surface area (Å²) in [4.78, 5) is 21.6. The number of anilines is 1. The first kappa shape index (κ1) is 14.0. The quantitative estimate of drug-likeness (QED) is 0.633. The zero-order valence-corrected chi connectivity index (χ0v) is 10.1. The molecule has 0 aliphatic heterocycles. The van der Waals surface area contributed by atoms with Gasteiger partial charge in [-0.3, -0.25) is 14.9 Å². The number of amides is 1. The standard InChI is InChI=1S/C11H14FN3O3/c1-11(2,13)6-10(16)14-8-5-7(12)3-4-9(8)15(17)18/h3-5H,6,13H2,1-2H3,(H,14,16). The molecule has 7 heteroatoms. The molecule has 18 heavy (non-hydrogen) atoms. The van der Waals surface area contributed by atoms with Gasteiger partial charge in [0.15, 0.2) is 0 Å². The van der Waals surface area contributed by atoms with Crippen LogP contribution in [-0.4, -0.2) is 16.4 Å². The molecule has 6 nitrogen and oxygen atoms in total. The number of nitro benzene ring substituents is 1. The van der Waals surface area contributed by atoms with Crippen molar-refractivity contribution < 1.29 is 14.1 Å². The molecule has 3 N–H and O–H groups in total. The smallest absolute Gasteiger partial charge is 0.292 e. The van der Waals surface area contributed by atoms with Crippen LogP contribution in [0.1, 0.15) is 20.3 Å². The Labute approximate surface area is 103 Å². The van der Waals surface area contributed by atoms with Crippen LogP contribution in [-0.2, 0) is 4.79 Å². The van der Waals surface area contributed by atoms with Gasteiger partial charge in [-0.2, -0.15) is 0 Å². The maximum atomic E-state index is 13.0. The van der Waals surface area contributed by atoms with Gasteiger partial charge in [0.25, 0.3) is 5.69 Å². The van der Waals surface area contributed by atoms with Crippen molar-refractivity contribution in [3.63, 3.8) is 0 Å². The van der Waals surface area contributed by atoms with Crippen molar-refractivity contribution in [2.75, 3.05) is 5.32 Å². The first-order valence-electron chi connectivity index (χ1n) is 5.22. The van der Waals surface area contributed by atoms with Crippen LogP contribution in [0.15, 0.2) is 18.2 Å². The van der Waals surface area contributed by atoms with Gasteiger partial charge in [-0.15, -0.1) is 0 Å². The number of nitro groups is 1. The third-order valence-corrected chi connectivity index (χ3v) is 2.05. The molecule has 0 aromatic heterocycles. The van der Waals surface area contributed by atoms with Gasteiger partial charge in [-0.25, -0.2) is 4.39 Å². The maximum absolute atomic E-state index is 13.0. The fourth-order valence-corrected chi connectivity index (χ4v) is 1.38. The largest absolute Gasteiger partial charge is 0.325 e. The third kappa shape index (κ3) is 4.10. The second-order valence-electron chi connectivity index (χ2n) is 4.63. The lowest BCUT2D eigenvalue weighted by Gasteiger charge is -2.17. The topological polar surface area (TPSA) is 98.3 Å². The number of rotatable bonds is 4. The molecule has 0 aliphatic carbocycles. The SMILES string of the molecule is CC(C)(N)CC(=O)Nc1cc(F)ccc1[N+](=O)[O-]. The lowest BCUT2D eigenvalue weighted by Crippen LogP contribution is -2.36. The summed E-state index contributed by atoms with van der Waals surface area (Å²) in [6.45, 7) is 3.29. The van der Waals surface area contributed by atoms with E-state index in [1.165, 1.54) is 0 Å². The van der Waals surface area contributed by atoms with Gasteiger partial charge < -0.3 is 11.1 Å². The molecule has 0 aliphatic rings. The Hall–Kier alpha value is -2.02. The first-order chi connectivity index (χ1) is 8.19. The average molecular weight is 255 g/mol. The van der Waals surface area contributed by atoms with Gasteiger partial charge in [0.05, 0.1) is 4.92 Å². The number of nitrogens with two attached hydrogens (primary N) is 1. The van der Waals surface area contributed by atoms with E-state index in [0.717, 1.165) is 18.2 Å². The lowest BCUT2D eigenvalue weighted by molar-refractivity contribution is -0.384.